The number of ether oxygens (including phenoxy) is 1. The molecular formula is C13H13NO5. The Labute approximate surface area is 109 Å². The average Bonchev–Trinajstić information content (AvgIpc) is 2.87. The number of nitrogens with zero attached hydrogens (tertiary/aromatic N) is 1. The smallest absolute Gasteiger partial charge is 0.358 e. The predicted molar refractivity (Wildman–Crippen MR) is 65.0 cm³/mol. The molecule has 2 aromatic rings. The van der Waals surface area contributed by atoms with E-state index in [1.165, 1.54) is 6.07 Å². The van der Waals surface area contributed by atoms with E-state index < -0.39 is 5.97 Å². The lowest BCUT2D eigenvalue weighted by molar-refractivity contribution is 0.0685. The maximum Gasteiger partial charge on any atom is 0.358 e. The Hall–Kier alpha value is -2.34. The third-order valence-corrected chi connectivity index (χ3v) is 2.48. The van der Waals surface area contributed by atoms with Gasteiger partial charge in [0.15, 0.2) is 11.5 Å². The minimum atomic E-state index is -1.14. The monoisotopic (exact) mass is 263 g/mol. The molecule has 0 fully saturated rings. The molecule has 0 unspecified atom stereocenters. The van der Waals surface area contributed by atoms with Gasteiger partial charge in [-0.25, -0.2) is 4.79 Å². The van der Waals surface area contributed by atoms with Gasteiger partial charge in [0, 0.05) is 12.7 Å². The van der Waals surface area contributed by atoms with Crippen LogP contribution in [-0.2, 0) is 13.0 Å². The number of hydrogen-bond donors (Lipinski definition) is 2. The number of aliphatic hydroxyl groups excluding tert-OH is 1. The van der Waals surface area contributed by atoms with Crippen LogP contribution in [0.15, 0.2) is 34.9 Å². The number of aromatic nitrogens is 1. The molecule has 0 aliphatic carbocycles. The average molecular weight is 263 g/mol. The molecule has 0 spiro atoms. The molecule has 0 atom stereocenters. The Morgan fingerprint density at radius 3 is 2.63 bits per heavy atom. The largest absolute Gasteiger partial charge is 0.486 e. The Morgan fingerprint density at radius 2 is 2.05 bits per heavy atom. The Kier molecular flexibility index (Phi) is 4.15. The molecule has 1 heterocycles. The van der Waals surface area contributed by atoms with Crippen LogP contribution < -0.4 is 4.74 Å². The van der Waals surface area contributed by atoms with Crippen molar-refractivity contribution in [2.45, 2.75) is 13.0 Å². The highest BCUT2D eigenvalue weighted by atomic mass is 16.5. The molecule has 0 saturated carbocycles. The van der Waals surface area contributed by atoms with Crippen LogP contribution in [0.5, 0.6) is 5.75 Å². The Balaban J connectivity index is 1.92. The molecule has 0 aliphatic heterocycles. The van der Waals surface area contributed by atoms with E-state index in [-0.39, 0.29) is 18.9 Å². The first-order valence-corrected chi connectivity index (χ1v) is 5.70. The van der Waals surface area contributed by atoms with Gasteiger partial charge in [-0.2, -0.15) is 0 Å². The first-order valence-electron chi connectivity index (χ1n) is 5.70. The highest BCUT2D eigenvalue weighted by Gasteiger charge is 2.10. The van der Waals surface area contributed by atoms with Gasteiger partial charge in [0.2, 0.25) is 0 Å². The zero-order chi connectivity index (χ0) is 13.7. The lowest BCUT2D eigenvalue weighted by atomic mass is 10.1. The fourth-order valence-corrected chi connectivity index (χ4v) is 1.52. The number of rotatable bonds is 6. The molecule has 0 amide bonds. The first kappa shape index (κ1) is 13.1. The quantitative estimate of drug-likeness (QED) is 0.820. The van der Waals surface area contributed by atoms with E-state index in [1.807, 2.05) is 12.1 Å². The number of hydrogen-bond acceptors (Lipinski definition) is 5. The second-order valence-corrected chi connectivity index (χ2v) is 3.89. The number of carboxylic acid groups (broad SMARTS) is 1. The lowest BCUT2D eigenvalue weighted by Crippen LogP contribution is -1.96. The van der Waals surface area contributed by atoms with Crippen molar-refractivity contribution in [2.24, 2.45) is 0 Å². The van der Waals surface area contributed by atoms with Gasteiger partial charge in [0.05, 0.1) is 0 Å². The summed E-state index contributed by atoms with van der Waals surface area (Å²) in [6.07, 6.45) is 0.602. The summed E-state index contributed by atoms with van der Waals surface area (Å²) in [6.45, 7) is 0.218. The van der Waals surface area contributed by atoms with E-state index in [9.17, 15) is 4.79 Å². The van der Waals surface area contributed by atoms with Crippen molar-refractivity contribution in [3.8, 4) is 5.75 Å². The van der Waals surface area contributed by atoms with Gasteiger partial charge in [-0.15, -0.1) is 0 Å². The number of aromatic carboxylic acids is 1. The molecule has 2 N–H and O–H groups in total. The summed E-state index contributed by atoms with van der Waals surface area (Å²) in [6, 6.07) is 8.59. The van der Waals surface area contributed by atoms with E-state index in [0.29, 0.717) is 17.9 Å². The molecule has 2 rings (SSSR count). The van der Waals surface area contributed by atoms with E-state index in [4.69, 9.17) is 19.5 Å². The second kappa shape index (κ2) is 6.01. The van der Waals surface area contributed by atoms with Crippen molar-refractivity contribution < 1.29 is 24.3 Å². The van der Waals surface area contributed by atoms with Gasteiger partial charge in [0.1, 0.15) is 12.4 Å². The van der Waals surface area contributed by atoms with Crippen molar-refractivity contribution in [2.75, 3.05) is 6.61 Å². The zero-order valence-electron chi connectivity index (χ0n) is 10.1. The number of benzene rings is 1. The number of aliphatic hydroxyl groups is 1. The summed E-state index contributed by atoms with van der Waals surface area (Å²) in [7, 11) is 0. The van der Waals surface area contributed by atoms with Crippen LogP contribution in [0.25, 0.3) is 0 Å². The molecule has 1 aromatic heterocycles. The number of carbonyl (C=O) groups is 1. The summed E-state index contributed by atoms with van der Waals surface area (Å²) >= 11 is 0. The van der Waals surface area contributed by atoms with Crippen molar-refractivity contribution in [1.82, 2.24) is 5.16 Å². The standard InChI is InChI=1S/C13H13NO5/c15-6-5-9-1-3-10(4-2-9)18-8-11-7-12(13(16)17)14-19-11/h1-4,7,15H,5-6,8H2,(H,16,17). The van der Waals surface area contributed by atoms with Gasteiger partial charge in [-0.05, 0) is 24.1 Å². The van der Waals surface area contributed by atoms with Crippen LogP contribution in [0, 0.1) is 0 Å². The Morgan fingerprint density at radius 1 is 1.32 bits per heavy atom. The minimum Gasteiger partial charge on any atom is -0.486 e. The number of carboxylic acids is 1. The van der Waals surface area contributed by atoms with Gasteiger partial charge in [-0.1, -0.05) is 17.3 Å². The normalized spacial score (nSPS) is 10.4. The summed E-state index contributed by atoms with van der Waals surface area (Å²) in [5, 5.41) is 20.9. The third kappa shape index (κ3) is 3.56. The van der Waals surface area contributed by atoms with Crippen LogP contribution in [0.2, 0.25) is 0 Å². The van der Waals surface area contributed by atoms with Gasteiger partial charge in [0.25, 0.3) is 0 Å². The zero-order valence-corrected chi connectivity index (χ0v) is 10.1. The minimum absolute atomic E-state index is 0.107. The maximum atomic E-state index is 10.6. The fourth-order valence-electron chi connectivity index (χ4n) is 1.52. The second-order valence-electron chi connectivity index (χ2n) is 3.89. The first-order chi connectivity index (χ1) is 9.19. The molecule has 0 radical (unpaired) electrons. The molecule has 1 aromatic carbocycles. The molecule has 6 heteroatoms. The third-order valence-electron chi connectivity index (χ3n) is 2.48. The maximum absolute atomic E-state index is 10.6. The van der Waals surface area contributed by atoms with Crippen molar-refractivity contribution >= 4 is 5.97 Å². The van der Waals surface area contributed by atoms with Crippen LogP contribution in [-0.4, -0.2) is 27.9 Å². The van der Waals surface area contributed by atoms with E-state index in [2.05, 4.69) is 5.16 Å². The molecule has 0 saturated heterocycles. The molecule has 100 valence electrons. The van der Waals surface area contributed by atoms with Crippen LogP contribution in [0.3, 0.4) is 0 Å². The molecule has 0 bridgehead atoms. The van der Waals surface area contributed by atoms with E-state index >= 15 is 0 Å². The molecule has 19 heavy (non-hydrogen) atoms. The van der Waals surface area contributed by atoms with Gasteiger partial charge in [-0.3, -0.25) is 0 Å². The summed E-state index contributed by atoms with van der Waals surface area (Å²) < 4.78 is 10.3. The molecule has 6 nitrogen and oxygen atoms in total. The van der Waals surface area contributed by atoms with Crippen LogP contribution in [0.1, 0.15) is 21.8 Å². The van der Waals surface area contributed by atoms with Crippen molar-refractivity contribution in [1.29, 1.82) is 0 Å². The highest BCUT2D eigenvalue weighted by Crippen LogP contribution is 2.15. The summed E-state index contributed by atoms with van der Waals surface area (Å²) in [4.78, 5) is 10.6. The van der Waals surface area contributed by atoms with Gasteiger partial charge < -0.3 is 19.5 Å². The van der Waals surface area contributed by atoms with Crippen LogP contribution >= 0.6 is 0 Å². The van der Waals surface area contributed by atoms with E-state index in [0.717, 1.165) is 5.56 Å². The highest BCUT2D eigenvalue weighted by molar-refractivity contribution is 5.85. The Bertz CT molecular complexity index is 546. The molecule has 0 aliphatic rings. The SMILES string of the molecule is O=C(O)c1cc(COc2ccc(CCO)cc2)on1. The predicted octanol–water partition coefficient (Wildman–Crippen LogP) is 1.49. The van der Waals surface area contributed by atoms with E-state index in [1.54, 1.807) is 12.1 Å². The molecular weight excluding hydrogens is 250 g/mol. The van der Waals surface area contributed by atoms with Crippen molar-refractivity contribution in [3.63, 3.8) is 0 Å². The summed E-state index contributed by atoms with van der Waals surface area (Å²) in [5.41, 5.74) is 0.875. The topological polar surface area (TPSA) is 92.8 Å². The van der Waals surface area contributed by atoms with Crippen molar-refractivity contribution in [3.05, 3.63) is 47.3 Å². The van der Waals surface area contributed by atoms with Gasteiger partial charge >= 0.3 is 5.97 Å². The summed E-state index contributed by atoms with van der Waals surface area (Å²) in [5.74, 6) is -0.157. The lowest BCUT2D eigenvalue weighted by Gasteiger charge is -2.04. The fraction of sp³-hybridized carbons (Fsp3) is 0.231. The van der Waals surface area contributed by atoms with Crippen LogP contribution in [0.4, 0.5) is 0 Å².